The van der Waals surface area contributed by atoms with Gasteiger partial charge in [-0.3, -0.25) is 19.3 Å². The minimum atomic E-state index is -0.437. The van der Waals surface area contributed by atoms with E-state index in [-0.39, 0.29) is 23.9 Å². The summed E-state index contributed by atoms with van der Waals surface area (Å²) in [5.41, 5.74) is 1.00. The van der Waals surface area contributed by atoms with Crippen LogP contribution in [-0.4, -0.2) is 63.0 Å². The van der Waals surface area contributed by atoms with Crippen LogP contribution in [-0.2, 0) is 4.79 Å². The molecule has 0 bridgehead atoms. The third-order valence-electron chi connectivity index (χ3n) is 4.91. The highest BCUT2D eigenvalue weighted by atomic mass is 32.2. The maximum atomic E-state index is 12.8. The molecule has 3 amide bonds. The van der Waals surface area contributed by atoms with Gasteiger partial charge in [0.25, 0.3) is 17.1 Å². The van der Waals surface area contributed by atoms with E-state index >= 15 is 0 Å². The molecule has 0 saturated carbocycles. The number of amides is 3. The monoisotopic (exact) mass is 486 g/mol. The summed E-state index contributed by atoms with van der Waals surface area (Å²) in [5, 5.41) is 2.32. The summed E-state index contributed by atoms with van der Waals surface area (Å²) in [5.74, 6) is 0.986. The van der Waals surface area contributed by atoms with Crippen LogP contribution in [0, 0.1) is 0 Å². The van der Waals surface area contributed by atoms with E-state index in [0.717, 1.165) is 16.7 Å². The van der Waals surface area contributed by atoms with Gasteiger partial charge < -0.3 is 24.3 Å². The minimum Gasteiger partial charge on any atom is -0.493 e. The van der Waals surface area contributed by atoms with Crippen LogP contribution in [0.2, 0.25) is 0 Å². The number of para-hydroxylation sites is 1. The number of nitrogens with one attached hydrogen (secondary N) is 1. The van der Waals surface area contributed by atoms with Gasteiger partial charge in [0.05, 0.1) is 38.4 Å². The Morgan fingerprint density at radius 2 is 1.71 bits per heavy atom. The summed E-state index contributed by atoms with van der Waals surface area (Å²) >= 11 is 0.831. The molecule has 1 aliphatic rings. The first-order valence-corrected chi connectivity index (χ1v) is 11.3. The van der Waals surface area contributed by atoms with Gasteiger partial charge in [-0.05, 0) is 54.6 Å². The van der Waals surface area contributed by atoms with Crippen molar-refractivity contribution in [2.24, 2.45) is 0 Å². The zero-order chi connectivity index (χ0) is 24.7. The maximum Gasteiger partial charge on any atom is 0.293 e. The Balaban J connectivity index is 1.68. The number of imide groups is 1. The van der Waals surface area contributed by atoms with Gasteiger partial charge in [0.15, 0.2) is 11.5 Å². The Labute approximate surface area is 202 Å². The molecule has 0 aromatic heterocycles. The third-order valence-corrected chi connectivity index (χ3v) is 5.82. The molecule has 9 nitrogen and oxygen atoms in total. The molecule has 1 N–H and O–H groups in total. The van der Waals surface area contributed by atoms with E-state index in [4.69, 9.17) is 18.9 Å². The number of ether oxygens (including phenoxy) is 4. The molecule has 1 saturated heterocycles. The topological polar surface area (TPSA) is 103 Å². The van der Waals surface area contributed by atoms with Gasteiger partial charge in [0.1, 0.15) is 5.75 Å². The fraction of sp³-hybridized carbons (Fsp3) is 0.292. The minimum absolute atomic E-state index is 0.0415. The van der Waals surface area contributed by atoms with Crippen molar-refractivity contribution < 1.29 is 33.3 Å². The second-order valence-corrected chi connectivity index (χ2v) is 7.97. The van der Waals surface area contributed by atoms with Crippen molar-refractivity contribution >= 4 is 34.9 Å². The van der Waals surface area contributed by atoms with E-state index in [2.05, 4.69) is 5.32 Å². The normalized spacial score (nSPS) is 14.4. The second kappa shape index (κ2) is 11.5. The molecule has 1 fully saturated rings. The van der Waals surface area contributed by atoms with Crippen LogP contribution >= 0.6 is 11.8 Å². The quantitative estimate of drug-likeness (QED) is 0.509. The Morgan fingerprint density at radius 1 is 1.03 bits per heavy atom. The second-order valence-electron chi connectivity index (χ2n) is 6.98. The predicted octanol–water partition coefficient (Wildman–Crippen LogP) is 3.58. The lowest BCUT2D eigenvalue weighted by atomic mass is 10.1. The molecule has 10 heteroatoms. The van der Waals surface area contributed by atoms with Gasteiger partial charge in [0, 0.05) is 13.1 Å². The van der Waals surface area contributed by atoms with Crippen LogP contribution < -0.4 is 24.3 Å². The molecule has 34 heavy (non-hydrogen) atoms. The molecule has 0 atom stereocenters. The SMILES string of the molecule is CCOc1ccccc1C(=O)NCCN1C(=O)S/C(=C\c2cc(OC)c(OC)c(OC)c2)C1=O. The standard InChI is InChI=1S/C24H26N2O7S/c1-5-33-17-9-7-6-8-16(17)22(27)25-10-11-26-23(28)20(34-24(26)29)14-15-12-18(30-2)21(32-4)19(13-15)31-3/h6-9,12-14H,5,10-11H2,1-4H3,(H,25,27)/b20-14-. The Bertz CT molecular complexity index is 1090. The van der Waals surface area contributed by atoms with E-state index in [1.54, 1.807) is 42.5 Å². The first-order valence-electron chi connectivity index (χ1n) is 10.5. The van der Waals surface area contributed by atoms with Gasteiger partial charge in [-0.2, -0.15) is 0 Å². The highest BCUT2D eigenvalue weighted by molar-refractivity contribution is 8.18. The zero-order valence-electron chi connectivity index (χ0n) is 19.4. The van der Waals surface area contributed by atoms with Crippen molar-refractivity contribution in [1.29, 1.82) is 0 Å². The highest BCUT2D eigenvalue weighted by Gasteiger charge is 2.35. The highest BCUT2D eigenvalue weighted by Crippen LogP contribution is 2.40. The number of hydrogen-bond donors (Lipinski definition) is 1. The molecule has 2 aromatic carbocycles. The van der Waals surface area contributed by atoms with Crippen LogP contribution in [0.25, 0.3) is 6.08 Å². The number of carbonyl (C=O) groups is 3. The van der Waals surface area contributed by atoms with Gasteiger partial charge in [-0.25, -0.2) is 0 Å². The molecule has 3 rings (SSSR count). The third kappa shape index (κ3) is 5.45. The van der Waals surface area contributed by atoms with Gasteiger partial charge in [0.2, 0.25) is 5.75 Å². The van der Waals surface area contributed by atoms with E-state index < -0.39 is 11.1 Å². The lowest BCUT2D eigenvalue weighted by molar-refractivity contribution is -0.122. The first kappa shape index (κ1) is 25.0. The van der Waals surface area contributed by atoms with Crippen molar-refractivity contribution in [3.05, 3.63) is 52.4 Å². The fourth-order valence-corrected chi connectivity index (χ4v) is 4.21. The van der Waals surface area contributed by atoms with E-state index in [0.29, 0.717) is 40.7 Å². The van der Waals surface area contributed by atoms with Crippen LogP contribution in [0.3, 0.4) is 0 Å². The molecule has 1 aliphatic heterocycles. The molecule has 0 aliphatic carbocycles. The smallest absolute Gasteiger partial charge is 0.293 e. The summed E-state index contributed by atoms with van der Waals surface area (Å²) in [4.78, 5) is 39.2. The average molecular weight is 487 g/mol. The molecular formula is C24H26N2O7S. The summed E-state index contributed by atoms with van der Waals surface area (Å²) in [6, 6.07) is 10.3. The van der Waals surface area contributed by atoms with Crippen molar-refractivity contribution in [1.82, 2.24) is 10.2 Å². The van der Waals surface area contributed by atoms with Gasteiger partial charge in [-0.15, -0.1) is 0 Å². The number of nitrogens with zero attached hydrogens (tertiary/aromatic N) is 1. The summed E-state index contributed by atoms with van der Waals surface area (Å²) in [7, 11) is 4.49. The number of rotatable bonds is 10. The van der Waals surface area contributed by atoms with E-state index in [1.165, 1.54) is 21.3 Å². The van der Waals surface area contributed by atoms with Gasteiger partial charge in [-0.1, -0.05) is 12.1 Å². The van der Waals surface area contributed by atoms with Crippen LogP contribution in [0.4, 0.5) is 4.79 Å². The Kier molecular flexibility index (Phi) is 8.42. The summed E-state index contributed by atoms with van der Waals surface area (Å²) in [6.45, 7) is 2.41. The lowest BCUT2D eigenvalue weighted by Gasteiger charge is -2.14. The predicted molar refractivity (Wildman–Crippen MR) is 129 cm³/mol. The molecule has 0 spiro atoms. The molecular weight excluding hydrogens is 460 g/mol. The number of benzene rings is 2. The van der Waals surface area contributed by atoms with Crippen molar-refractivity contribution in [3.63, 3.8) is 0 Å². The number of carbonyl (C=O) groups excluding carboxylic acids is 3. The number of methoxy groups -OCH3 is 3. The average Bonchev–Trinajstić information content (AvgIpc) is 3.11. The Hall–Kier alpha value is -3.66. The van der Waals surface area contributed by atoms with Crippen LogP contribution in [0.1, 0.15) is 22.8 Å². The summed E-state index contributed by atoms with van der Waals surface area (Å²) < 4.78 is 21.5. The first-order chi connectivity index (χ1) is 16.4. The van der Waals surface area contributed by atoms with Gasteiger partial charge >= 0.3 is 0 Å². The molecule has 1 heterocycles. The molecule has 2 aromatic rings. The van der Waals surface area contributed by atoms with Crippen LogP contribution in [0.15, 0.2) is 41.3 Å². The molecule has 180 valence electrons. The lowest BCUT2D eigenvalue weighted by Crippen LogP contribution is -2.37. The zero-order valence-corrected chi connectivity index (χ0v) is 20.2. The fourth-order valence-electron chi connectivity index (χ4n) is 3.34. The van der Waals surface area contributed by atoms with E-state index in [1.807, 2.05) is 6.92 Å². The molecule has 0 unspecified atom stereocenters. The van der Waals surface area contributed by atoms with E-state index in [9.17, 15) is 14.4 Å². The van der Waals surface area contributed by atoms with Crippen molar-refractivity contribution in [2.75, 3.05) is 41.0 Å². The van der Waals surface area contributed by atoms with Crippen molar-refractivity contribution in [3.8, 4) is 23.0 Å². The Morgan fingerprint density at radius 3 is 2.32 bits per heavy atom. The van der Waals surface area contributed by atoms with Crippen molar-refractivity contribution in [2.45, 2.75) is 6.92 Å². The number of thioether (sulfide) groups is 1. The maximum absolute atomic E-state index is 12.8. The number of hydrogen-bond acceptors (Lipinski definition) is 8. The van der Waals surface area contributed by atoms with Crippen LogP contribution in [0.5, 0.6) is 23.0 Å². The molecule has 0 radical (unpaired) electrons. The largest absolute Gasteiger partial charge is 0.493 e. The summed E-state index contributed by atoms with van der Waals surface area (Å²) in [6.07, 6.45) is 1.59.